The molecule has 2 atom stereocenters. The predicted molar refractivity (Wildman–Crippen MR) is 76.8 cm³/mol. The van der Waals surface area contributed by atoms with Crippen molar-refractivity contribution in [2.75, 3.05) is 11.9 Å². The molecule has 1 saturated carbocycles. The molecule has 1 fully saturated rings. The number of hydrogen-bond donors (Lipinski definition) is 3. The van der Waals surface area contributed by atoms with Crippen molar-refractivity contribution in [2.45, 2.75) is 25.4 Å². The van der Waals surface area contributed by atoms with E-state index < -0.39 is 0 Å². The van der Waals surface area contributed by atoms with Crippen molar-refractivity contribution < 1.29 is 9.90 Å². The summed E-state index contributed by atoms with van der Waals surface area (Å²) >= 11 is 11.8. The molecule has 0 radical (unpaired) electrons. The topological polar surface area (TPSA) is 61.4 Å². The fourth-order valence-electron chi connectivity index (χ4n) is 2.24. The molecule has 19 heavy (non-hydrogen) atoms. The number of amides is 2. The third-order valence-corrected chi connectivity index (χ3v) is 3.89. The second-order valence-electron chi connectivity index (χ2n) is 4.72. The molecule has 0 aliphatic heterocycles. The minimum Gasteiger partial charge on any atom is -0.393 e. The molecule has 0 bridgehead atoms. The van der Waals surface area contributed by atoms with E-state index in [0.717, 1.165) is 19.3 Å². The number of urea groups is 1. The zero-order valence-corrected chi connectivity index (χ0v) is 11.8. The van der Waals surface area contributed by atoms with Gasteiger partial charge < -0.3 is 15.7 Å². The number of aliphatic hydroxyl groups excluding tert-OH is 1. The number of anilines is 1. The summed E-state index contributed by atoms with van der Waals surface area (Å²) in [6.45, 7) is 0.463. The van der Waals surface area contributed by atoms with Crippen LogP contribution in [0.1, 0.15) is 19.3 Å². The van der Waals surface area contributed by atoms with Gasteiger partial charge in [-0.15, -0.1) is 0 Å². The van der Waals surface area contributed by atoms with Gasteiger partial charge in [-0.2, -0.15) is 0 Å². The first-order chi connectivity index (χ1) is 9.06. The molecule has 0 aromatic heterocycles. The first-order valence-corrected chi connectivity index (χ1v) is 7.00. The summed E-state index contributed by atoms with van der Waals surface area (Å²) < 4.78 is 0. The lowest BCUT2D eigenvalue weighted by molar-refractivity contribution is 0.133. The summed E-state index contributed by atoms with van der Waals surface area (Å²) in [5, 5.41) is 16.0. The number of rotatable bonds is 3. The zero-order valence-electron chi connectivity index (χ0n) is 10.3. The Hall–Kier alpha value is -0.970. The van der Waals surface area contributed by atoms with Crippen LogP contribution in [0.2, 0.25) is 10.0 Å². The molecule has 2 unspecified atom stereocenters. The summed E-state index contributed by atoms with van der Waals surface area (Å²) in [5.41, 5.74) is 0.471. The van der Waals surface area contributed by atoms with Crippen LogP contribution in [0.5, 0.6) is 0 Å². The van der Waals surface area contributed by atoms with Gasteiger partial charge in [0.15, 0.2) is 0 Å². The van der Waals surface area contributed by atoms with E-state index in [1.807, 2.05) is 0 Å². The lowest BCUT2D eigenvalue weighted by atomic mass is 10.1. The standard InChI is InChI=1S/C13H16Cl2N2O2/c14-9-4-5-10(15)11(6-9)17-13(19)16-7-8-2-1-3-12(8)18/h4-6,8,12,18H,1-3,7H2,(H2,16,17,19). The summed E-state index contributed by atoms with van der Waals surface area (Å²) in [5.74, 6) is 0.139. The molecule has 1 aliphatic rings. The van der Waals surface area contributed by atoms with Gasteiger partial charge in [0.05, 0.1) is 16.8 Å². The Morgan fingerprint density at radius 3 is 2.84 bits per heavy atom. The lowest BCUT2D eigenvalue weighted by Gasteiger charge is -2.15. The normalized spacial score (nSPS) is 22.3. The van der Waals surface area contributed by atoms with E-state index in [9.17, 15) is 9.90 Å². The van der Waals surface area contributed by atoms with Gasteiger partial charge in [-0.1, -0.05) is 29.6 Å². The molecule has 1 aromatic carbocycles. The van der Waals surface area contributed by atoms with E-state index in [1.54, 1.807) is 18.2 Å². The fourth-order valence-corrected chi connectivity index (χ4v) is 2.58. The summed E-state index contributed by atoms with van der Waals surface area (Å²) in [4.78, 5) is 11.7. The number of carbonyl (C=O) groups is 1. The monoisotopic (exact) mass is 302 g/mol. The van der Waals surface area contributed by atoms with Crippen LogP contribution < -0.4 is 10.6 Å². The summed E-state index contributed by atoms with van der Waals surface area (Å²) in [6, 6.07) is 4.53. The Bertz CT molecular complexity index is 468. The number of hydrogen-bond acceptors (Lipinski definition) is 2. The first-order valence-electron chi connectivity index (χ1n) is 6.24. The maximum atomic E-state index is 11.7. The number of nitrogens with one attached hydrogen (secondary N) is 2. The van der Waals surface area contributed by atoms with Crippen molar-refractivity contribution in [3.63, 3.8) is 0 Å². The van der Waals surface area contributed by atoms with Crippen molar-refractivity contribution in [3.05, 3.63) is 28.2 Å². The highest BCUT2D eigenvalue weighted by atomic mass is 35.5. The molecule has 0 heterocycles. The average Bonchev–Trinajstić information content (AvgIpc) is 2.77. The summed E-state index contributed by atoms with van der Waals surface area (Å²) in [7, 11) is 0. The minimum atomic E-state index is -0.344. The Kier molecular flexibility index (Phi) is 4.91. The van der Waals surface area contributed by atoms with E-state index in [4.69, 9.17) is 23.2 Å². The van der Waals surface area contributed by atoms with Gasteiger partial charge in [0.25, 0.3) is 0 Å². The van der Waals surface area contributed by atoms with Gasteiger partial charge in [-0.05, 0) is 31.0 Å². The second kappa shape index (κ2) is 6.46. The Morgan fingerprint density at radius 1 is 1.37 bits per heavy atom. The van der Waals surface area contributed by atoms with Crippen molar-refractivity contribution in [1.82, 2.24) is 5.32 Å². The van der Waals surface area contributed by atoms with Crippen LogP contribution in [0.4, 0.5) is 10.5 Å². The Balaban J connectivity index is 1.85. The van der Waals surface area contributed by atoms with Crippen LogP contribution in [-0.4, -0.2) is 23.8 Å². The van der Waals surface area contributed by atoms with Crippen LogP contribution in [-0.2, 0) is 0 Å². The van der Waals surface area contributed by atoms with Crippen LogP contribution in [0.3, 0.4) is 0 Å². The fraction of sp³-hybridized carbons (Fsp3) is 0.462. The number of aliphatic hydroxyl groups is 1. The van der Waals surface area contributed by atoms with E-state index in [0.29, 0.717) is 22.3 Å². The minimum absolute atomic E-state index is 0.139. The zero-order chi connectivity index (χ0) is 13.8. The molecule has 1 aliphatic carbocycles. The largest absolute Gasteiger partial charge is 0.393 e. The highest BCUT2D eigenvalue weighted by Gasteiger charge is 2.25. The van der Waals surface area contributed by atoms with Crippen molar-refractivity contribution >= 4 is 34.9 Å². The molecular weight excluding hydrogens is 287 g/mol. The number of benzene rings is 1. The van der Waals surface area contributed by atoms with Gasteiger partial charge in [0, 0.05) is 17.5 Å². The van der Waals surface area contributed by atoms with Crippen molar-refractivity contribution in [1.29, 1.82) is 0 Å². The van der Waals surface area contributed by atoms with Crippen LogP contribution >= 0.6 is 23.2 Å². The number of carbonyl (C=O) groups excluding carboxylic acids is 1. The van der Waals surface area contributed by atoms with E-state index >= 15 is 0 Å². The summed E-state index contributed by atoms with van der Waals surface area (Å²) in [6.07, 6.45) is 2.46. The van der Waals surface area contributed by atoms with E-state index in [1.165, 1.54) is 0 Å². The SMILES string of the molecule is O=C(NCC1CCCC1O)Nc1cc(Cl)ccc1Cl. The molecule has 0 saturated heterocycles. The van der Waals surface area contributed by atoms with E-state index in [-0.39, 0.29) is 18.1 Å². The third kappa shape index (κ3) is 4.00. The first kappa shape index (κ1) is 14.4. The lowest BCUT2D eigenvalue weighted by Crippen LogP contribution is -2.35. The maximum Gasteiger partial charge on any atom is 0.319 e. The van der Waals surface area contributed by atoms with E-state index in [2.05, 4.69) is 10.6 Å². The smallest absolute Gasteiger partial charge is 0.319 e. The molecule has 0 spiro atoms. The van der Waals surface area contributed by atoms with Crippen LogP contribution in [0, 0.1) is 5.92 Å². The third-order valence-electron chi connectivity index (χ3n) is 3.32. The molecule has 1 aromatic rings. The number of halogens is 2. The molecule has 104 valence electrons. The van der Waals surface area contributed by atoms with Gasteiger partial charge in [-0.25, -0.2) is 4.79 Å². The van der Waals surface area contributed by atoms with Gasteiger partial charge >= 0.3 is 6.03 Å². The second-order valence-corrected chi connectivity index (χ2v) is 5.56. The molecule has 4 nitrogen and oxygen atoms in total. The van der Waals surface area contributed by atoms with Crippen molar-refractivity contribution in [2.24, 2.45) is 5.92 Å². The van der Waals surface area contributed by atoms with Gasteiger partial charge in [0.2, 0.25) is 0 Å². The Morgan fingerprint density at radius 2 is 2.16 bits per heavy atom. The molecule has 6 heteroatoms. The maximum absolute atomic E-state index is 11.7. The predicted octanol–water partition coefficient (Wildman–Crippen LogP) is 3.28. The molecule has 3 N–H and O–H groups in total. The molecule has 2 rings (SSSR count). The Labute approximate surface area is 122 Å². The van der Waals surface area contributed by atoms with Gasteiger partial charge in [0.1, 0.15) is 0 Å². The average molecular weight is 303 g/mol. The van der Waals surface area contributed by atoms with Gasteiger partial charge in [-0.3, -0.25) is 0 Å². The molecule has 2 amide bonds. The van der Waals surface area contributed by atoms with Crippen LogP contribution in [0.15, 0.2) is 18.2 Å². The van der Waals surface area contributed by atoms with Crippen LogP contribution in [0.25, 0.3) is 0 Å². The quantitative estimate of drug-likeness (QED) is 0.802. The highest BCUT2D eigenvalue weighted by Crippen LogP contribution is 2.26. The van der Waals surface area contributed by atoms with Crippen molar-refractivity contribution in [3.8, 4) is 0 Å². The molecular formula is C13H16Cl2N2O2. The highest BCUT2D eigenvalue weighted by molar-refractivity contribution is 6.35.